The van der Waals surface area contributed by atoms with Crippen LogP contribution in [0, 0.1) is 0 Å². The first-order valence-corrected chi connectivity index (χ1v) is 6.33. The zero-order chi connectivity index (χ0) is 12.3. The molecule has 0 radical (unpaired) electrons. The molecule has 0 aliphatic carbocycles. The normalized spacial score (nSPS) is 11.0. The van der Waals surface area contributed by atoms with Crippen molar-refractivity contribution in [2.75, 3.05) is 27.6 Å². The molecule has 0 fully saturated rings. The highest BCUT2D eigenvalue weighted by atomic mass is 32.2. The molecule has 0 spiro atoms. The van der Waals surface area contributed by atoms with Crippen molar-refractivity contribution in [2.24, 2.45) is 0 Å². The van der Waals surface area contributed by atoms with Crippen LogP contribution in [0.5, 0.6) is 17.2 Å². The Morgan fingerprint density at radius 3 is 1.69 bits per heavy atom. The number of methoxy groups -OCH3 is 3. The second-order valence-electron chi connectivity index (χ2n) is 3.13. The van der Waals surface area contributed by atoms with E-state index in [-0.39, 0.29) is 10.6 Å². The molecule has 90 valence electrons. The summed E-state index contributed by atoms with van der Waals surface area (Å²) in [6.45, 7) is 0. The molecule has 1 rings (SSSR count). The molecule has 1 aromatic rings. The Balaban J connectivity index is 3.50. The third-order valence-electron chi connectivity index (χ3n) is 2.07. The summed E-state index contributed by atoms with van der Waals surface area (Å²) in [5.41, 5.74) is 0. The predicted octanol–water partition coefficient (Wildman–Crippen LogP) is 1.12. The second-order valence-corrected chi connectivity index (χ2v) is 5.11. The quantitative estimate of drug-likeness (QED) is 0.796. The zero-order valence-electron chi connectivity index (χ0n) is 9.60. The Bertz CT molecular complexity index is 478. The van der Waals surface area contributed by atoms with Gasteiger partial charge in [0.1, 0.15) is 10.6 Å². The van der Waals surface area contributed by atoms with Gasteiger partial charge in [-0.1, -0.05) is 0 Å². The van der Waals surface area contributed by atoms with Crippen LogP contribution in [0.1, 0.15) is 0 Å². The summed E-state index contributed by atoms with van der Waals surface area (Å²) < 4.78 is 38.1. The lowest BCUT2D eigenvalue weighted by Gasteiger charge is -2.12. The summed E-state index contributed by atoms with van der Waals surface area (Å²) in [6, 6.07) is 2.86. The van der Waals surface area contributed by atoms with Crippen molar-refractivity contribution in [1.29, 1.82) is 0 Å². The average Bonchev–Trinajstić information content (AvgIpc) is 2.25. The van der Waals surface area contributed by atoms with Crippen molar-refractivity contribution in [3.05, 3.63) is 12.1 Å². The number of hydrogen-bond donors (Lipinski definition) is 0. The highest BCUT2D eigenvalue weighted by molar-refractivity contribution is 7.90. The fraction of sp³-hybridized carbons (Fsp3) is 0.400. The van der Waals surface area contributed by atoms with E-state index in [1.807, 2.05) is 0 Å². The van der Waals surface area contributed by atoms with Crippen LogP contribution >= 0.6 is 0 Å². The summed E-state index contributed by atoms with van der Waals surface area (Å²) in [4.78, 5) is 0.0765. The van der Waals surface area contributed by atoms with Crippen LogP contribution in [0.2, 0.25) is 0 Å². The van der Waals surface area contributed by atoms with Gasteiger partial charge in [-0.15, -0.1) is 0 Å². The van der Waals surface area contributed by atoms with Crippen molar-refractivity contribution < 1.29 is 22.6 Å². The molecule has 0 aromatic heterocycles. The van der Waals surface area contributed by atoms with E-state index in [0.717, 1.165) is 6.26 Å². The summed E-state index contributed by atoms with van der Waals surface area (Å²) in [5.74, 6) is 1.01. The van der Waals surface area contributed by atoms with Crippen LogP contribution in [0.3, 0.4) is 0 Å². The monoisotopic (exact) mass is 246 g/mol. The second kappa shape index (κ2) is 4.61. The van der Waals surface area contributed by atoms with E-state index in [1.54, 1.807) is 0 Å². The molecule has 0 heterocycles. The van der Waals surface area contributed by atoms with Crippen LogP contribution in [0.25, 0.3) is 0 Å². The molecule has 5 nitrogen and oxygen atoms in total. The number of ether oxygens (including phenoxy) is 3. The van der Waals surface area contributed by atoms with Crippen LogP contribution in [0.15, 0.2) is 17.0 Å². The average molecular weight is 246 g/mol. The molecule has 0 N–H and O–H groups in total. The zero-order valence-corrected chi connectivity index (χ0v) is 10.4. The van der Waals surface area contributed by atoms with Crippen LogP contribution < -0.4 is 14.2 Å². The first-order valence-electron chi connectivity index (χ1n) is 4.44. The van der Waals surface area contributed by atoms with Gasteiger partial charge >= 0.3 is 0 Å². The maximum atomic E-state index is 11.5. The lowest BCUT2D eigenvalue weighted by atomic mass is 10.3. The SMILES string of the molecule is COc1cc(OC)c(S(C)(=O)=O)cc1OC. The van der Waals surface area contributed by atoms with Gasteiger partial charge in [-0.3, -0.25) is 0 Å². The molecule has 0 unspecified atom stereocenters. The van der Waals surface area contributed by atoms with E-state index in [1.165, 1.54) is 33.5 Å². The van der Waals surface area contributed by atoms with E-state index < -0.39 is 9.84 Å². The van der Waals surface area contributed by atoms with Gasteiger partial charge in [0.2, 0.25) is 0 Å². The van der Waals surface area contributed by atoms with Crippen molar-refractivity contribution in [3.8, 4) is 17.2 Å². The highest BCUT2D eigenvalue weighted by Gasteiger charge is 2.18. The van der Waals surface area contributed by atoms with Gasteiger partial charge in [0.25, 0.3) is 0 Å². The lowest BCUT2D eigenvalue weighted by Crippen LogP contribution is -2.02. The Labute approximate surface area is 94.9 Å². The molecular formula is C10H14O5S. The van der Waals surface area contributed by atoms with E-state index in [2.05, 4.69) is 0 Å². The topological polar surface area (TPSA) is 61.8 Å². The Kier molecular flexibility index (Phi) is 3.64. The van der Waals surface area contributed by atoms with Gasteiger partial charge in [-0.2, -0.15) is 0 Å². The Hall–Kier alpha value is -1.43. The van der Waals surface area contributed by atoms with Crippen molar-refractivity contribution in [1.82, 2.24) is 0 Å². The molecule has 6 heteroatoms. The van der Waals surface area contributed by atoms with Gasteiger partial charge < -0.3 is 14.2 Å². The molecule has 16 heavy (non-hydrogen) atoms. The van der Waals surface area contributed by atoms with Gasteiger partial charge in [0.15, 0.2) is 21.3 Å². The van der Waals surface area contributed by atoms with Crippen LogP contribution in [-0.2, 0) is 9.84 Å². The molecule has 0 bridgehead atoms. The summed E-state index contributed by atoms with van der Waals surface area (Å²) in [5, 5.41) is 0. The van der Waals surface area contributed by atoms with Gasteiger partial charge in [-0.05, 0) is 0 Å². The minimum Gasteiger partial charge on any atom is -0.495 e. The van der Waals surface area contributed by atoms with E-state index in [9.17, 15) is 8.42 Å². The Morgan fingerprint density at radius 1 is 0.875 bits per heavy atom. The Morgan fingerprint density at radius 2 is 1.31 bits per heavy atom. The molecular weight excluding hydrogens is 232 g/mol. The number of benzene rings is 1. The summed E-state index contributed by atoms with van der Waals surface area (Å²) in [6.07, 6.45) is 1.11. The number of hydrogen-bond acceptors (Lipinski definition) is 5. The third kappa shape index (κ3) is 2.38. The predicted molar refractivity (Wildman–Crippen MR) is 59.2 cm³/mol. The molecule has 0 aliphatic rings. The fourth-order valence-corrected chi connectivity index (χ4v) is 2.12. The van der Waals surface area contributed by atoms with Crippen LogP contribution in [0.4, 0.5) is 0 Å². The smallest absolute Gasteiger partial charge is 0.179 e. The summed E-state index contributed by atoms with van der Waals surface area (Å²) in [7, 11) is 0.946. The molecule has 0 saturated heterocycles. The van der Waals surface area contributed by atoms with Crippen LogP contribution in [-0.4, -0.2) is 36.0 Å². The first kappa shape index (κ1) is 12.6. The summed E-state index contributed by atoms with van der Waals surface area (Å²) >= 11 is 0. The van der Waals surface area contributed by atoms with Gasteiger partial charge in [0.05, 0.1) is 21.3 Å². The largest absolute Gasteiger partial charge is 0.495 e. The minimum absolute atomic E-state index is 0.0765. The molecule has 0 saturated carbocycles. The molecule has 0 atom stereocenters. The number of sulfone groups is 1. The van der Waals surface area contributed by atoms with Crippen molar-refractivity contribution in [3.63, 3.8) is 0 Å². The fourth-order valence-electron chi connectivity index (χ4n) is 1.29. The first-order chi connectivity index (χ1) is 7.43. The van der Waals surface area contributed by atoms with E-state index in [0.29, 0.717) is 11.5 Å². The van der Waals surface area contributed by atoms with Crippen molar-refractivity contribution in [2.45, 2.75) is 4.90 Å². The maximum Gasteiger partial charge on any atom is 0.179 e. The van der Waals surface area contributed by atoms with E-state index in [4.69, 9.17) is 14.2 Å². The molecule has 0 aliphatic heterocycles. The van der Waals surface area contributed by atoms with Gasteiger partial charge in [0, 0.05) is 18.4 Å². The number of rotatable bonds is 4. The molecule has 0 amide bonds. The lowest BCUT2D eigenvalue weighted by molar-refractivity contribution is 0.345. The third-order valence-corrected chi connectivity index (χ3v) is 3.19. The van der Waals surface area contributed by atoms with E-state index >= 15 is 0 Å². The maximum absolute atomic E-state index is 11.5. The minimum atomic E-state index is -3.36. The van der Waals surface area contributed by atoms with Gasteiger partial charge in [-0.25, -0.2) is 8.42 Å². The standard InChI is InChI=1S/C10H14O5S/c1-13-7-5-9(15-3)10(16(4,11)12)6-8(7)14-2/h5-6H,1-4H3. The van der Waals surface area contributed by atoms with Crippen molar-refractivity contribution >= 4 is 9.84 Å². The molecule has 1 aromatic carbocycles. The highest BCUT2D eigenvalue weighted by Crippen LogP contribution is 2.36.